The molecule has 6 heteroatoms. The average molecular weight is 454 g/mol. The van der Waals surface area contributed by atoms with E-state index in [9.17, 15) is 9.59 Å². The number of aryl methyl sites for hydroxylation is 1. The van der Waals surface area contributed by atoms with Crippen LogP contribution in [0, 0.1) is 6.92 Å². The van der Waals surface area contributed by atoms with E-state index < -0.39 is 5.91 Å². The Morgan fingerprint density at radius 1 is 0.941 bits per heavy atom. The van der Waals surface area contributed by atoms with Crippen molar-refractivity contribution >= 4 is 5.91 Å². The Labute approximate surface area is 198 Å². The number of hydrogen-bond donors (Lipinski definition) is 1. The highest BCUT2D eigenvalue weighted by Gasteiger charge is 2.19. The van der Waals surface area contributed by atoms with Gasteiger partial charge in [0.1, 0.15) is 0 Å². The molecule has 0 aliphatic rings. The van der Waals surface area contributed by atoms with Crippen molar-refractivity contribution in [3.8, 4) is 11.4 Å². The summed E-state index contributed by atoms with van der Waals surface area (Å²) in [5.41, 5.74) is 3.72. The highest BCUT2D eigenvalue weighted by Crippen LogP contribution is 2.27. The van der Waals surface area contributed by atoms with Crippen LogP contribution in [0.5, 0.6) is 5.75 Å². The zero-order chi connectivity index (χ0) is 23.9. The minimum atomic E-state index is -0.391. The third-order valence-corrected chi connectivity index (χ3v) is 5.73. The molecule has 34 heavy (non-hydrogen) atoms. The lowest BCUT2D eigenvalue weighted by molar-refractivity contribution is 0.0942. The van der Waals surface area contributed by atoms with Crippen molar-refractivity contribution in [3.63, 3.8) is 0 Å². The van der Waals surface area contributed by atoms with Crippen LogP contribution in [0.15, 0.2) is 95.8 Å². The van der Waals surface area contributed by atoms with Gasteiger partial charge in [-0.05, 0) is 36.6 Å². The maximum atomic E-state index is 13.1. The first-order chi connectivity index (χ1) is 16.6. The molecule has 1 N–H and O–H groups in total. The third kappa shape index (κ3) is 5.23. The van der Waals surface area contributed by atoms with Gasteiger partial charge >= 0.3 is 0 Å². The van der Waals surface area contributed by atoms with Gasteiger partial charge in [0.05, 0.1) is 18.9 Å². The molecule has 0 radical (unpaired) electrons. The Kier molecular flexibility index (Phi) is 7.18. The van der Waals surface area contributed by atoms with Gasteiger partial charge in [0, 0.05) is 12.5 Å². The van der Waals surface area contributed by atoms with Crippen molar-refractivity contribution < 1.29 is 9.53 Å². The summed E-state index contributed by atoms with van der Waals surface area (Å²) in [6, 6.07) is 29.1. The SMILES string of the molecule is COc1cc(=O)n(-c2ccc(C)cc2)nc1C(=O)NCCC(c1ccccc1)c1ccccc1. The lowest BCUT2D eigenvalue weighted by atomic mass is 9.88. The molecule has 0 fully saturated rings. The predicted molar refractivity (Wildman–Crippen MR) is 133 cm³/mol. The molecular formula is C28H27N3O3. The number of carbonyl (C=O) groups excluding carboxylic acids is 1. The van der Waals surface area contributed by atoms with Gasteiger partial charge in [-0.3, -0.25) is 9.59 Å². The van der Waals surface area contributed by atoms with Crippen LogP contribution in [0.1, 0.15) is 39.5 Å². The Morgan fingerprint density at radius 3 is 2.09 bits per heavy atom. The van der Waals surface area contributed by atoms with Crippen LogP contribution in [-0.2, 0) is 0 Å². The molecule has 4 rings (SSSR count). The van der Waals surface area contributed by atoms with Crippen LogP contribution in [0.3, 0.4) is 0 Å². The first-order valence-electron chi connectivity index (χ1n) is 11.2. The zero-order valence-electron chi connectivity index (χ0n) is 19.3. The monoisotopic (exact) mass is 453 g/mol. The maximum Gasteiger partial charge on any atom is 0.275 e. The van der Waals surface area contributed by atoms with Gasteiger partial charge in [-0.15, -0.1) is 0 Å². The summed E-state index contributed by atoms with van der Waals surface area (Å²) < 4.78 is 6.50. The first kappa shape index (κ1) is 23.0. The van der Waals surface area contributed by atoms with E-state index in [4.69, 9.17) is 4.74 Å². The summed E-state index contributed by atoms with van der Waals surface area (Å²) in [6.07, 6.45) is 0.708. The number of amides is 1. The van der Waals surface area contributed by atoms with Crippen molar-refractivity contribution in [1.82, 2.24) is 15.1 Å². The number of hydrogen-bond acceptors (Lipinski definition) is 4. The van der Waals surface area contributed by atoms with Crippen LogP contribution in [0.25, 0.3) is 5.69 Å². The molecular weight excluding hydrogens is 426 g/mol. The third-order valence-electron chi connectivity index (χ3n) is 5.73. The largest absolute Gasteiger partial charge is 0.494 e. The van der Waals surface area contributed by atoms with Crippen molar-refractivity contribution in [2.24, 2.45) is 0 Å². The molecule has 1 heterocycles. The minimum Gasteiger partial charge on any atom is -0.494 e. The van der Waals surface area contributed by atoms with E-state index in [2.05, 4.69) is 34.7 Å². The fraction of sp³-hybridized carbons (Fsp3) is 0.179. The predicted octanol–water partition coefficient (Wildman–Crippen LogP) is 4.50. The van der Waals surface area contributed by atoms with E-state index in [1.54, 1.807) is 12.1 Å². The van der Waals surface area contributed by atoms with Crippen molar-refractivity contribution in [1.29, 1.82) is 0 Å². The lowest BCUT2D eigenvalue weighted by Gasteiger charge is -2.18. The normalized spacial score (nSPS) is 10.8. The second-order valence-corrected chi connectivity index (χ2v) is 8.07. The summed E-state index contributed by atoms with van der Waals surface area (Å²) in [5, 5.41) is 7.28. The molecule has 0 spiro atoms. The van der Waals surface area contributed by atoms with Gasteiger partial charge in [0.2, 0.25) is 0 Å². The van der Waals surface area contributed by atoms with Crippen LogP contribution < -0.4 is 15.6 Å². The zero-order valence-corrected chi connectivity index (χ0v) is 19.3. The van der Waals surface area contributed by atoms with E-state index in [-0.39, 0.29) is 22.9 Å². The topological polar surface area (TPSA) is 73.2 Å². The molecule has 0 aliphatic heterocycles. The van der Waals surface area contributed by atoms with Crippen molar-refractivity contribution in [3.05, 3.63) is 124 Å². The van der Waals surface area contributed by atoms with Gasteiger partial charge in [-0.1, -0.05) is 78.4 Å². The molecule has 0 unspecified atom stereocenters. The number of methoxy groups -OCH3 is 1. The van der Waals surface area contributed by atoms with Crippen LogP contribution >= 0.6 is 0 Å². The number of nitrogens with one attached hydrogen (secondary N) is 1. The summed E-state index contributed by atoms with van der Waals surface area (Å²) >= 11 is 0. The molecule has 6 nitrogen and oxygen atoms in total. The number of carbonyl (C=O) groups is 1. The summed E-state index contributed by atoms with van der Waals surface area (Å²) in [5.74, 6) is -0.106. The summed E-state index contributed by atoms with van der Waals surface area (Å²) in [4.78, 5) is 25.6. The molecule has 0 saturated heterocycles. The number of rotatable bonds is 8. The quantitative estimate of drug-likeness (QED) is 0.426. The number of ether oxygens (including phenoxy) is 1. The highest BCUT2D eigenvalue weighted by molar-refractivity contribution is 5.94. The second-order valence-electron chi connectivity index (χ2n) is 8.07. The second kappa shape index (κ2) is 10.6. The van der Waals surface area contributed by atoms with Crippen LogP contribution in [0.4, 0.5) is 0 Å². The Balaban J connectivity index is 1.54. The van der Waals surface area contributed by atoms with Crippen LogP contribution in [0.2, 0.25) is 0 Å². The van der Waals surface area contributed by atoms with E-state index >= 15 is 0 Å². The summed E-state index contributed by atoms with van der Waals surface area (Å²) in [6.45, 7) is 2.40. The molecule has 4 aromatic rings. The van der Waals surface area contributed by atoms with Gasteiger partial charge in [0.25, 0.3) is 11.5 Å². The molecule has 3 aromatic carbocycles. The van der Waals surface area contributed by atoms with E-state index in [1.807, 2.05) is 55.5 Å². The van der Waals surface area contributed by atoms with E-state index in [0.717, 1.165) is 5.56 Å². The van der Waals surface area contributed by atoms with Crippen molar-refractivity contribution in [2.45, 2.75) is 19.3 Å². The van der Waals surface area contributed by atoms with Gasteiger partial charge in [-0.25, -0.2) is 0 Å². The average Bonchev–Trinajstić information content (AvgIpc) is 2.88. The Bertz CT molecular complexity index is 1260. The first-order valence-corrected chi connectivity index (χ1v) is 11.2. The van der Waals surface area contributed by atoms with Gasteiger partial charge in [0.15, 0.2) is 11.4 Å². The smallest absolute Gasteiger partial charge is 0.275 e. The standard InChI is InChI=1S/C28H27N3O3/c1-20-13-15-23(16-14-20)31-26(32)19-25(34-2)27(30-31)28(33)29-18-17-24(21-9-5-3-6-10-21)22-11-7-4-8-12-22/h3-16,19,24H,17-18H2,1-2H3,(H,29,33). The number of nitrogens with zero attached hydrogens (tertiary/aromatic N) is 2. The fourth-order valence-corrected chi connectivity index (χ4v) is 3.93. The van der Waals surface area contributed by atoms with E-state index in [0.29, 0.717) is 18.7 Å². The summed E-state index contributed by atoms with van der Waals surface area (Å²) in [7, 11) is 1.42. The van der Waals surface area contributed by atoms with Crippen molar-refractivity contribution in [2.75, 3.05) is 13.7 Å². The molecule has 0 atom stereocenters. The molecule has 1 amide bonds. The molecule has 172 valence electrons. The lowest BCUT2D eigenvalue weighted by Crippen LogP contribution is -2.31. The van der Waals surface area contributed by atoms with Gasteiger partial charge in [-0.2, -0.15) is 9.78 Å². The van der Waals surface area contributed by atoms with Gasteiger partial charge < -0.3 is 10.1 Å². The number of aromatic nitrogens is 2. The van der Waals surface area contributed by atoms with E-state index in [1.165, 1.54) is 29.0 Å². The maximum absolute atomic E-state index is 13.1. The fourth-order valence-electron chi connectivity index (χ4n) is 3.93. The Morgan fingerprint density at radius 2 is 1.53 bits per heavy atom. The highest BCUT2D eigenvalue weighted by atomic mass is 16.5. The van der Waals surface area contributed by atoms with Crippen LogP contribution in [-0.4, -0.2) is 29.3 Å². The Hall–Kier alpha value is -4.19. The molecule has 0 aliphatic carbocycles. The molecule has 0 saturated carbocycles. The minimum absolute atomic E-state index is 0.0682. The number of benzene rings is 3. The molecule has 1 aromatic heterocycles. The molecule has 0 bridgehead atoms.